The molecule has 6 nitrogen and oxygen atoms in total. The number of aromatic amines is 1. The maximum absolute atomic E-state index is 13.2. The van der Waals surface area contributed by atoms with Crippen LogP contribution in [0, 0.1) is 0 Å². The highest BCUT2D eigenvalue weighted by molar-refractivity contribution is 6.42. The Morgan fingerprint density at radius 1 is 1.09 bits per heavy atom. The molecule has 3 aromatic rings. The molecule has 8 heteroatoms. The van der Waals surface area contributed by atoms with E-state index in [-0.39, 0.29) is 23.0 Å². The second kappa shape index (κ2) is 10.0. The Morgan fingerprint density at radius 2 is 1.77 bits per heavy atom. The predicted octanol–water partition coefficient (Wildman–Crippen LogP) is 5.91. The highest BCUT2D eigenvalue weighted by Gasteiger charge is 2.38. The molecule has 188 valence electrons. The molecule has 0 atom stereocenters. The van der Waals surface area contributed by atoms with Gasteiger partial charge in [-0.05, 0) is 89.9 Å². The zero-order chi connectivity index (χ0) is 25.4. The van der Waals surface area contributed by atoms with Crippen molar-refractivity contribution in [3.8, 4) is 17.0 Å². The molecule has 2 heterocycles. The quantitative estimate of drug-likeness (QED) is 0.293. The summed E-state index contributed by atoms with van der Waals surface area (Å²) in [5.74, 6) is 0.523. The number of halogens is 2. The Labute approximate surface area is 216 Å². The minimum atomic E-state index is -0.103. The summed E-state index contributed by atoms with van der Waals surface area (Å²) < 4.78 is 6.08. The van der Waals surface area contributed by atoms with Crippen molar-refractivity contribution in [2.75, 3.05) is 13.2 Å². The summed E-state index contributed by atoms with van der Waals surface area (Å²) in [4.78, 5) is 16.6. The van der Waals surface area contributed by atoms with Crippen molar-refractivity contribution in [3.05, 3.63) is 52.0 Å². The van der Waals surface area contributed by atoms with Crippen molar-refractivity contribution in [1.29, 1.82) is 0 Å². The van der Waals surface area contributed by atoms with E-state index in [1.54, 1.807) is 0 Å². The predicted molar refractivity (Wildman–Crippen MR) is 145 cm³/mol. The lowest BCUT2D eigenvalue weighted by atomic mass is 9.79. The molecule has 1 aliphatic rings. The molecule has 0 saturated carbocycles. The topological polar surface area (TPSA) is 92.2 Å². The molecule has 2 aromatic carbocycles. The molecule has 0 bridgehead atoms. The number of carbonyl (C=O) groups is 1. The molecule has 1 amide bonds. The van der Waals surface area contributed by atoms with E-state index in [1.165, 1.54) is 0 Å². The zero-order valence-electron chi connectivity index (χ0n) is 20.7. The first kappa shape index (κ1) is 25.8. The van der Waals surface area contributed by atoms with Crippen LogP contribution < -0.4 is 21.1 Å². The Morgan fingerprint density at radius 3 is 2.46 bits per heavy atom. The fourth-order valence-electron chi connectivity index (χ4n) is 5.24. The summed E-state index contributed by atoms with van der Waals surface area (Å²) in [6, 6.07) is 11.3. The van der Waals surface area contributed by atoms with Gasteiger partial charge in [-0.3, -0.25) is 4.79 Å². The van der Waals surface area contributed by atoms with Crippen LogP contribution in [0.4, 0.5) is 0 Å². The molecule has 0 unspecified atom stereocenters. The van der Waals surface area contributed by atoms with Crippen molar-refractivity contribution in [1.82, 2.24) is 15.6 Å². The van der Waals surface area contributed by atoms with E-state index in [0.29, 0.717) is 40.9 Å². The van der Waals surface area contributed by atoms with E-state index in [0.717, 1.165) is 35.0 Å². The standard InChI is InChI=1S/C27H34Cl2N4O2/c1-26(2)14-18(15-27(3,4)33-26)31-25(34)16-6-7-19(24(12-16)35-9-5-8-30)23-11-17-10-20(28)21(29)13-22(17)32-23/h6-7,10-13,18,32-33H,5,8-9,14-15,30H2,1-4H3,(H,31,34). The van der Waals surface area contributed by atoms with Crippen LogP contribution in [0.15, 0.2) is 36.4 Å². The Balaban J connectivity index is 1.62. The maximum Gasteiger partial charge on any atom is 0.251 e. The molecular formula is C27H34Cl2N4O2. The fraction of sp³-hybridized carbons (Fsp3) is 0.444. The number of carbonyl (C=O) groups excluding carboxylic acids is 1. The largest absolute Gasteiger partial charge is 0.493 e. The number of hydrogen-bond acceptors (Lipinski definition) is 4. The second-order valence-corrected chi connectivity index (χ2v) is 11.5. The van der Waals surface area contributed by atoms with E-state index >= 15 is 0 Å². The normalized spacial score (nSPS) is 17.5. The minimum absolute atomic E-state index is 0.0541. The third-order valence-corrected chi connectivity index (χ3v) is 7.05. The van der Waals surface area contributed by atoms with Crippen LogP contribution in [-0.2, 0) is 0 Å². The first-order valence-electron chi connectivity index (χ1n) is 12.0. The van der Waals surface area contributed by atoms with Gasteiger partial charge in [0.2, 0.25) is 0 Å². The molecule has 4 rings (SSSR count). The number of rotatable bonds is 7. The molecule has 1 fully saturated rings. The third kappa shape index (κ3) is 6.12. The first-order chi connectivity index (χ1) is 16.5. The van der Waals surface area contributed by atoms with Gasteiger partial charge < -0.3 is 26.1 Å². The summed E-state index contributed by atoms with van der Waals surface area (Å²) in [5.41, 5.74) is 8.71. The van der Waals surface area contributed by atoms with Gasteiger partial charge in [0.05, 0.1) is 22.3 Å². The zero-order valence-corrected chi connectivity index (χ0v) is 22.2. The van der Waals surface area contributed by atoms with Crippen LogP contribution in [0.2, 0.25) is 10.0 Å². The minimum Gasteiger partial charge on any atom is -0.493 e. The molecule has 0 aliphatic carbocycles. The van der Waals surface area contributed by atoms with Gasteiger partial charge in [-0.1, -0.05) is 23.2 Å². The van der Waals surface area contributed by atoms with E-state index < -0.39 is 0 Å². The number of aromatic nitrogens is 1. The number of piperidine rings is 1. The molecule has 1 aliphatic heterocycles. The fourth-order valence-corrected chi connectivity index (χ4v) is 5.57. The van der Waals surface area contributed by atoms with Gasteiger partial charge >= 0.3 is 0 Å². The monoisotopic (exact) mass is 516 g/mol. The smallest absolute Gasteiger partial charge is 0.251 e. The van der Waals surface area contributed by atoms with Crippen molar-refractivity contribution in [2.24, 2.45) is 5.73 Å². The average molecular weight is 518 g/mol. The molecule has 5 N–H and O–H groups in total. The Bertz CT molecular complexity index is 1180. The summed E-state index contributed by atoms with van der Waals surface area (Å²) >= 11 is 12.4. The van der Waals surface area contributed by atoms with Crippen molar-refractivity contribution in [2.45, 2.75) is 64.1 Å². The number of fused-ring (bicyclic) bond motifs is 1. The van der Waals surface area contributed by atoms with Gasteiger partial charge in [0.15, 0.2) is 0 Å². The van der Waals surface area contributed by atoms with E-state index in [1.807, 2.05) is 36.4 Å². The number of ether oxygens (including phenoxy) is 1. The van der Waals surface area contributed by atoms with Gasteiger partial charge in [0.25, 0.3) is 5.91 Å². The number of nitrogens with two attached hydrogens (primary N) is 1. The number of hydrogen-bond donors (Lipinski definition) is 4. The van der Waals surface area contributed by atoms with Crippen LogP contribution in [0.3, 0.4) is 0 Å². The van der Waals surface area contributed by atoms with Crippen LogP contribution >= 0.6 is 23.2 Å². The average Bonchev–Trinajstić information content (AvgIpc) is 3.14. The van der Waals surface area contributed by atoms with Crippen LogP contribution in [0.25, 0.3) is 22.2 Å². The SMILES string of the molecule is CC1(C)CC(NC(=O)c2ccc(-c3cc4cc(Cl)c(Cl)cc4[nH]3)c(OCCCN)c2)CC(C)(C)N1. The van der Waals surface area contributed by atoms with Gasteiger partial charge in [-0.15, -0.1) is 0 Å². The number of benzene rings is 2. The molecule has 35 heavy (non-hydrogen) atoms. The highest BCUT2D eigenvalue weighted by Crippen LogP contribution is 2.36. The molecule has 1 saturated heterocycles. The van der Waals surface area contributed by atoms with Crippen LogP contribution in [-0.4, -0.2) is 41.2 Å². The van der Waals surface area contributed by atoms with Crippen molar-refractivity contribution in [3.63, 3.8) is 0 Å². The van der Waals surface area contributed by atoms with Crippen LogP contribution in [0.1, 0.15) is 57.3 Å². The van der Waals surface area contributed by atoms with Gasteiger partial charge in [-0.25, -0.2) is 0 Å². The van der Waals surface area contributed by atoms with Crippen molar-refractivity contribution >= 4 is 40.0 Å². The molecule has 0 radical (unpaired) electrons. The molecular weight excluding hydrogens is 483 g/mol. The lowest BCUT2D eigenvalue weighted by Crippen LogP contribution is -2.62. The summed E-state index contributed by atoms with van der Waals surface area (Å²) in [7, 11) is 0. The maximum atomic E-state index is 13.2. The first-order valence-corrected chi connectivity index (χ1v) is 12.8. The Kier molecular flexibility index (Phi) is 7.39. The number of nitrogens with one attached hydrogen (secondary N) is 3. The van der Waals surface area contributed by atoms with Crippen molar-refractivity contribution < 1.29 is 9.53 Å². The lowest BCUT2D eigenvalue weighted by molar-refractivity contribution is 0.0872. The molecule has 0 spiro atoms. The second-order valence-electron chi connectivity index (χ2n) is 10.7. The van der Waals surface area contributed by atoms with Gasteiger partial charge in [0, 0.05) is 39.1 Å². The number of amides is 1. The van der Waals surface area contributed by atoms with Gasteiger partial charge in [0.1, 0.15) is 5.75 Å². The van der Waals surface area contributed by atoms with Crippen LogP contribution in [0.5, 0.6) is 5.75 Å². The summed E-state index contributed by atoms with van der Waals surface area (Å²) in [6.45, 7) is 9.68. The molecule has 1 aromatic heterocycles. The Hall–Kier alpha value is -2.25. The summed E-state index contributed by atoms with van der Waals surface area (Å²) in [5, 5.41) is 8.83. The van der Waals surface area contributed by atoms with E-state index in [4.69, 9.17) is 33.7 Å². The number of H-pyrrole nitrogens is 1. The third-order valence-electron chi connectivity index (χ3n) is 6.33. The highest BCUT2D eigenvalue weighted by atomic mass is 35.5. The van der Waals surface area contributed by atoms with E-state index in [2.05, 4.69) is 43.3 Å². The summed E-state index contributed by atoms with van der Waals surface area (Å²) in [6.07, 6.45) is 2.44. The van der Waals surface area contributed by atoms with E-state index in [9.17, 15) is 4.79 Å². The van der Waals surface area contributed by atoms with Gasteiger partial charge in [-0.2, -0.15) is 0 Å². The lowest BCUT2D eigenvalue weighted by Gasteiger charge is -2.46.